The van der Waals surface area contributed by atoms with Gasteiger partial charge in [0.1, 0.15) is 5.82 Å². The van der Waals surface area contributed by atoms with Crippen LogP contribution in [0.25, 0.3) is 31.4 Å². The Morgan fingerprint density at radius 2 is 1.50 bits per heavy atom. The fraction of sp³-hybridized carbons (Fsp3) is 0.114. The summed E-state index contributed by atoms with van der Waals surface area (Å²) >= 11 is 1.84. The predicted molar refractivity (Wildman–Crippen MR) is 171 cm³/mol. The molecule has 1 aliphatic rings. The van der Waals surface area contributed by atoms with Crippen LogP contribution in [-0.2, 0) is 0 Å². The van der Waals surface area contributed by atoms with Crippen LogP contribution >= 0.6 is 11.3 Å². The van der Waals surface area contributed by atoms with Crippen molar-refractivity contribution in [2.45, 2.75) is 13.8 Å². The van der Waals surface area contributed by atoms with Crippen molar-refractivity contribution in [3.63, 3.8) is 0 Å². The molecule has 196 valence electrons. The number of anilines is 4. The molecule has 0 saturated heterocycles. The maximum atomic E-state index is 5.33. The zero-order valence-electron chi connectivity index (χ0n) is 22.9. The molecule has 0 atom stereocenters. The average Bonchev–Trinajstić information content (AvgIpc) is 3.59. The number of hydrogen-bond acceptors (Lipinski definition) is 5. The molecule has 0 radical (unpaired) electrons. The second kappa shape index (κ2) is 9.85. The summed E-state index contributed by atoms with van der Waals surface area (Å²) in [5.74, 6) is 0.902. The molecule has 4 nitrogen and oxygen atoms in total. The van der Waals surface area contributed by atoms with Gasteiger partial charge in [-0.15, -0.1) is 11.3 Å². The fourth-order valence-electron chi connectivity index (χ4n) is 5.69. The van der Waals surface area contributed by atoms with Gasteiger partial charge in [0, 0.05) is 56.6 Å². The van der Waals surface area contributed by atoms with E-state index in [1.54, 1.807) is 0 Å². The van der Waals surface area contributed by atoms with Crippen LogP contribution in [-0.4, -0.2) is 23.6 Å². The van der Waals surface area contributed by atoms with E-state index in [2.05, 4.69) is 151 Å². The van der Waals surface area contributed by atoms with Crippen molar-refractivity contribution >= 4 is 54.4 Å². The van der Waals surface area contributed by atoms with Crippen molar-refractivity contribution in [1.29, 1.82) is 0 Å². The Morgan fingerprint density at radius 3 is 2.33 bits per heavy atom. The molecule has 40 heavy (non-hydrogen) atoms. The molecule has 0 aliphatic carbocycles. The third kappa shape index (κ3) is 4.19. The first-order valence-electron chi connectivity index (χ1n) is 13.6. The number of aromatic nitrogens is 1. The van der Waals surface area contributed by atoms with Gasteiger partial charge in [-0.2, -0.15) is 0 Å². The summed E-state index contributed by atoms with van der Waals surface area (Å²) in [6, 6.07) is 36.8. The Labute approximate surface area is 239 Å². The number of pyridine rings is 1. The maximum Gasteiger partial charge on any atom is 0.138 e. The van der Waals surface area contributed by atoms with Crippen LogP contribution in [0.5, 0.6) is 0 Å². The lowest BCUT2D eigenvalue weighted by Gasteiger charge is -2.29. The van der Waals surface area contributed by atoms with Crippen LogP contribution in [0.4, 0.5) is 22.9 Å². The molecule has 5 heteroatoms. The summed E-state index contributed by atoms with van der Waals surface area (Å²) < 4.78 is 2.58. The lowest BCUT2D eigenvalue weighted by molar-refractivity contribution is 0.496. The van der Waals surface area contributed by atoms with Crippen molar-refractivity contribution in [2.75, 3.05) is 23.5 Å². The highest BCUT2D eigenvalue weighted by atomic mass is 32.1. The second-order valence-corrected chi connectivity index (χ2v) is 11.5. The quantitative estimate of drug-likeness (QED) is 0.218. The second-order valence-electron chi connectivity index (χ2n) is 10.4. The molecule has 1 aliphatic heterocycles. The summed E-state index contributed by atoms with van der Waals surface area (Å²) in [6.45, 7) is 5.19. The van der Waals surface area contributed by atoms with Gasteiger partial charge >= 0.3 is 0 Å². The van der Waals surface area contributed by atoms with Crippen molar-refractivity contribution in [2.24, 2.45) is 0 Å². The minimum Gasteiger partial charge on any atom is -0.361 e. The number of benzene rings is 4. The van der Waals surface area contributed by atoms with Crippen LogP contribution in [0, 0.1) is 13.8 Å². The molecule has 3 heterocycles. The summed E-state index contributed by atoms with van der Waals surface area (Å²) in [5, 5.41) is 2.59. The smallest absolute Gasteiger partial charge is 0.138 e. The van der Waals surface area contributed by atoms with Crippen molar-refractivity contribution < 1.29 is 0 Å². The molecule has 0 N–H and O–H groups in total. The topological polar surface area (TPSA) is 22.6 Å². The highest BCUT2D eigenvalue weighted by Gasteiger charge is 2.21. The van der Waals surface area contributed by atoms with Gasteiger partial charge in [0.25, 0.3) is 0 Å². The van der Waals surface area contributed by atoms with Gasteiger partial charge in [0.15, 0.2) is 0 Å². The Morgan fingerprint density at radius 1 is 0.750 bits per heavy atom. The minimum atomic E-state index is 0.833. The lowest BCUT2D eigenvalue weighted by atomic mass is 10.1. The van der Waals surface area contributed by atoms with Gasteiger partial charge in [0.05, 0.1) is 18.1 Å². The standard InChI is InChI=1S/C35H30N4S/c1-24-10-6-11-25(2)34(24)39(27-13-7-12-26(22-27)38-21-20-37(3)23-38)33-19-9-17-31(36-33)30-16-8-15-29-28-14-4-5-18-32(28)40-35(29)30/h4-22H,23H2,1-3H3. The normalized spacial score (nSPS) is 13.1. The largest absolute Gasteiger partial charge is 0.361 e. The third-order valence-corrected chi connectivity index (χ3v) is 8.82. The number of fused-ring (bicyclic) bond motifs is 3. The van der Waals surface area contributed by atoms with E-state index < -0.39 is 0 Å². The summed E-state index contributed by atoms with van der Waals surface area (Å²) in [7, 11) is 2.09. The van der Waals surface area contributed by atoms with E-state index in [4.69, 9.17) is 4.98 Å². The van der Waals surface area contributed by atoms with E-state index in [0.29, 0.717) is 0 Å². The molecule has 0 bridgehead atoms. The number of aryl methyl sites for hydroxylation is 2. The molecule has 0 spiro atoms. The van der Waals surface area contributed by atoms with Gasteiger partial charge in [-0.25, -0.2) is 4.98 Å². The minimum absolute atomic E-state index is 0.833. The first-order chi connectivity index (χ1) is 19.6. The molecule has 0 unspecified atom stereocenters. The Hall–Kier alpha value is -4.61. The molecular formula is C35H30N4S. The van der Waals surface area contributed by atoms with E-state index >= 15 is 0 Å². The SMILES string of the molecule is Cc1cccc(C)c1N(c1cccc(N2C=CN(C)C2)c1)c1cccc(-c2cccc3c2sc2ccccc23)n1. The van der Waals surface area contributed by atoms with E-state index in [1.807, 2.05) is 11.3 Å². The molecule has 0 amide bonds. The Kier molecular flexibility index (Phi) is 6.02. The van der Waals surface area contributed by atoms with Crippen LogP contribution in [0.15, 0.2) is 116 Å². The van der Waals surface area contributed by atoms with E-state index in [0.717, 1.165) is 29.6 Å². The summed E-state index contributed by atoms with van der Waals surface area (Å²) in [5.41, 5.74) is 7.98. The van der Waals surface area contributed by atoms with Crippen molar-refractivity contribution in [1.82, 2.24) is 9.88 Å². The molecule has 4 aromatic carbocycles. The van der Waals surface area contributed by atoms with Crippen molar-refractivity contribution in [3.05, 3.63) is 127 Å². The predicted octanol–water partition coefficient (Wildman–Crippen LogP) is 9.38. The van der Waals surface area contributed by atoms with Crippen LogP contribution in [0.3, 0.4) is 0 Å². The first kappa shape index (κ1) is 24.4. The number of hydrogen-bond donors (Lipinski definition) is 0. The fourth-order valence-corrected chi connectivity index (χ4v) is 6.91. The number of thiophene rings is 1. The van der Waals surface area contributed by atoms with Crippen LogP contribution < -0.4 is 9.80 Å². The monoisotopic (exact) mass is 538 g/mol. The van der Waals surface area contributed by atoms with Crippen LogP contribution in [0.1, 0.15) is 11.1 Å². The molecule has 6 aromatic rings. The van der Waals surface area contributed by atoms with E-state index in [-0.39, 0.29) is 0 Å². The maximum absolute atomic E-state index is 5.33. The van der Waals surface area contributed by atoms with E-state index in [1.165, 1.54) is 42.6 Å². The van der Waals surface area contributed by atoms with Gasteiger partial charge in [-0.3, -0.25) is 4.90 Å². The Balaban J connectivity index is 1.40. The van der Waals surface area contributed by atoms with Gasteiger partial charge in [-0.1, -0.05) is 66.7 Å². The molecular weight excluding hydrogens is 508 g/mol. The number of rotatable bonds is 5. The lowest BCUT2D eigenvalue weighted by Crippen LogP contribution is -2.22. The Bertz CT molecular complexity index is 1880. The van der Waals surface area contributed by atoms with Gasteiger partial charge in [0.2, 0.25) is 0 Å². The van der Waals surface area contributed by atoms with Crippen LogP contribution in [0.2, 0.25) is 0 Å². The van der Waals surface area contributed by atoms with Gasteiger partial charge < -0.3 is 9.80 Å². The average molecular weight is 539 g/mol. The van der Waals surface area contributed by atoms with E-state index in [9.17, 15) is 0 Å². The molecule has 0 saturated carbocycles. The highest BCUT2D eigenvalue weighted by Crippen LogP contribution is 2.42. The molecule has 0 fully saturated rings. The zero-order valence-corrected chi connectivity index (χ0v) is 23.7. The molecule has 2 aromatic heterocycles. The first-order valence-corrected chi connectivity index (χ1v) is 14.4. The zero-order chi connectivity index (χ0) is 27.2. The summed E-state index contributed by atoms with van der Waals surface area (Å²) in [6.07, 6.45) is 4.24. The molecule has 7 rings (SSSR count). The highest BCUT2D eigenvalue weighted by molar-refractivity contribution is 7.26. The summed E-state index contributed by atoms with van der Waals surface area (Å²) in [4.78, 5) is 12.1. The van der Waals surface area contributed by atoms with Gasteiger partial charge in [-0.05, 0) is 61.4 Å². The van der Waals surface area contributed by atoms with Crippen molar-refractivity contribution in [3.8, 4) is 11.3 Å². The number of nitrogens with zero attached hydrogens (tertiary/aromatic N) is 4. The number of para-hydroxylation sites is 1. The third-order valence-electron chi connectivity index (χ3n) is 7.60.